The van der Waals surface area contributed by atoms with Crippen LogP contribution in [0.4, 0.5) is 8.78 Å². The van der Waals surface area contributed by atoms with Crippen molar-refractivity contribution in [2.75, 3.05) is 13.7 Å². The van der Waals surface area contributed by atoms with Crippen LogP contribution in [0.3, 0.4) is 0 Å². The Hall–Kier alpha value is -2.28. The number of carbonyl (C=O) groups is 2. The number of carbonyl (C=O) groups excluding carboxylic acids is 2. The van der Waals surface area contributed by atoms with Gasteiger partial charge < -0.3 is 4.74 Å². The molecule has 0 bridgehead atoms. The fraction of sp³-hybridized carbons (Fsp3) is 0.267. The summed E-state index contributed by atoms with van der Waals surface area (Å²) in [6.45, 7) is 1.46. The second kappa shape index (κ2) is 8.99. The van der Waals surface area contributed by atoms with Gasteiger partial charge in [0.1, 0.15) is 5.57 Å². The number of ketones is 1. The van der Waals surface area contributed by atoms with E-state index in [0.29, 0.717) is 10.6 Å². The van der Waals surface area contributed by atoms with Gasteiger partial charge in [-0.2, -0.15) is 5.10 Å². The third-order valence-corrected chi connectivity index (χ3v) is 2.90. The highest BCUT2D eigenvalue weighted by molar-refractivity contribution is 6.33. The number of hydrogen-bond donors (Lipinski definition) is 0. The lowest BCUT2D eigenvalue weighted by molar-refractivity contribution is -0.141. The lowest BCUT2D eigenvalue weighted by atomic mass is 10.2. The quantitative estimate of drug-likeness (QED) is 0.190. The molecule has 0 N–H and O–H groups in total. The number of halogens is 3. The van der Waals surface area contributed by atoms with Crippen molar-refractivity contribution in [1.82, 2.24) is 5.01 Å². The first-order valence-electron chi connectivity index (χ1n) is 6.59. The fourth-order valence-electron chi connectivity index (χ4n) is 1.50. The van der Waals surface area contributed by atoms with Crippen LogP contribution in [0.2, 0.25) is 5.02 Å². The average molecular weight is 345 g/mol. The molecule has 5 nitrogen and oxygen atoms in total. The van der Waals surface area contributed by atoms with Gasteiger partial charge in [-0.05, 0) is 13.0 Å². The molecule has 0 unspecified atom stereocenters. The first-order valence-corrected chi connectivity index (χ1v) is 6.97. The van der Waals surface area contributed by atoms with Crippen LogP contribution in [0.25, 0.3) is 0 Å². The molecule has 0 amide bonds. The van der Waals surface area contributed by atoms with E-state index < -0.39 is 23.8 Å². The van der Waals surface area contributed by atoms with Crippen molar-refractivity contribution in [3.05, 3.63) is 46.6 Å². The first-order chi connectivity index (χ1) is 10.9. The predicted octanol–water partition coefficient (Wildman–Crippen LogP) is 2.89. The number of Topliss-reactive ketones (excluding diaryl/α,β-unsaturated/α-hetero) is 1. The van der Waals surface area contributed by atoms with E-state index in [1.807, 2.05) is 0 Å². The van der Waals surface area contributed by atoms with Gasteiger partial charge in [-0.1, -0.05) is 29.8 Å². The van der Waals surface area contributed by atoms with Crippen LogP contribution in [-0.4, -0.2) is 43.1 Å². The molecule has 124 valence electrons. The Labute approximate surface area is 137 Å². The SMILES string of the molecule is CCOC(=O)/C(=C\N(C)/N=C/c1ccccc1Cl)C(=O)C(F)F. The maximum atomic E-state index is 12.6. The number of hydrogen-bond acceptors (Lipinski definition) is 5. The van der Waals surface area contributed by atoms with Gasteiger partial charge in [-0.25, -0.2) is 13.6 Å². The van der Waals surface area contributed by atoms with Crippen molar-refractivity contribution in [3.8, 4) is 0 Å². The molecule has 0 heterocycles. The highest BCUT2D eigenvalue weighted by Gasteiger charge is 2.27. The molecular weight excluding hydrogens is 330 g/mol. The molecule has 23 heavy (non-hydrogen) atoms. The number of hydrazone groups is 1. The van der Waals surface area contributed by atoms with Crippen LogP contribution in [0.5, 0.6) is 0 Å². The van der Waals surface area contributed by atoms with Gasteiger partial charge in [0, 0.05) is 23.8 Å². The maximum Gasteiger partial charge on any atom is 0.343 e. The molecule has 0 aliphatic rings. The molecule has 1 aromatic carbocycles. The van der Waals surface area contributed by atoms with E-state index in [2.05, 4.69) is 9.84 Å². The van der Waals surface area contributed by atoms with Gasteiger partial charge in [0.05, 0.1) is 12.8 Å². The molecule has 0 saturated heterocycles. The van der Waals surface area contributed by atoms with E-state index in [1.165, 1.54) is 20.2 Å². The van der Waals surface area contributed by atoms with E-state index >= 15 is 0 Å². The molecule has 8 heteroatoms. The van der Waals surface area contributed by atoms with Gasteiger partial charge >= 0.3 is 12.4 Å². The Balaban J connectivity index is 2.99. The second-order valence-electron chi connectivity index (χ2n) is 4.27. The van der Waals surface area contributed by atoms with E-state index in [-0.39, 0.29) is 6.61 Å². The number of ether oxygens (including phenoxy) is 1. The van der Waals surface area contributed by atoms with Gasteiger partial charge in [-0.3, -0.25) is 9.80 Å². The van der Waals surface area contributed by atoms with Gasteiger partial charge in [0.25, 0.3) is 0 Å². The van der Waals surface area contributed by atoms with Crippen molar-refractivity contribution in [3.63, 3.8) is 0 Å². The van der Waals surface area contributed by atoms with Crippen LogP contribution < -0.4 is 0 Å². The summed E-state index contributed by atoms with van der Waals surface area (Å²) in [7, 11) is 1.38. The molecule has 0 saturated carbocycles. The largest absolute Gasteiger partial charge is 0.462 e. The predicted molar refractivity (Wildman–Crippen MR) is 82.5 cm³/mol. The highest BCUT2D eigenvalue weighted by atomic mass is 35.5. The molecule has 1 aromatic rings. The van der Waals surface area contributed by atoms with Gasteiger partial charge in [-0.15, -0.1) is 0 Å². The number of esters is 1. The molecular formula is C15H15ClF2N2O3. The lowest BCUT2D eigenvalue weighted by Crippen LogP contribution is -2.23. The Kier molecular flexibility index (Phi) is 7.34. The first kappa shape index (κ1) is 18.8. The standard InChI is InChI=1S/C15H15ClF2N2O3/c1-3-23-15(22)11(13(21)14(17)18)9-20(2)19-8-10-6-4-5-7-12(10)16/h4-9,14H,3H2,1-2H3/b11-9-,19-8+. The third kappa shape index (κ3) is 5.78. The molecule has 0 aromatic heterocycles. The van der Waals surface area contributed by atoms with Crippen molar-refractivity contribution >= 4 is 29.6 Å². The smallest absolute Gasteiger partial charge is 0.343 e. The van der Waals surface area contributed by atoms with E-state index in [4.69, 9.17) is 11.6 Å². The summed E-state index contributed by atoms with van der Waals surface area (Å²) in [5.41, 5.74) is -0.187. The molecule has 0 radical (unpaired) electrons. The van der Waals surface area contributed by atoms with Crippen LogP contribution in [-0.2, 0) is 14.3 Å². The molecule has 0 aliphatic heterocycles. The molecule has 0 atom stereocenters. The number of alkyl halides is 2. The van der Waals surface area contributed by atoms with Crippen molar-refractivity contribution in [2.24, 2.45) is 5.10 Å². The average Bonchev–Trinajstić information content (AvgIpc) is 2.51. The minimum Gasteiger partial charge on any atom is -0.462 e. The highest BCUT2D eigenvalue weighted by Crippen LogP contribution is 2.13. The summed E-state index contributed by atoms with van der Waals surface area (Å²) < 4.78 is 29.7. The van der Waals surface area contributed by atoms with Gasteiger partial charge in [0.2, 0.25) is 5.78 Å². The summed E-state index contributed by atoms with van der Waals surface area (Å²) in [4.78, 5) is 23.0. The summed E-state index contributed by atoms with van der Waals surface area (Å²) in [5.74, 6) is -2.75. The van der Waals surface area contributed by atoms with Gasteiger partial charge in [0.15, 0.2) is 0 Å². The summed E-state index contributed by atoms with van der Waals surface area (Å²) in [6.07, 6.45) is -1.06. The zero-order valence-corrected chi connectivity index (χ0v) is 13.3. The van der Waals surface area contributed by atoms with Crippen LogP contribution in [0, 0.1) is 0 Å². The molecule has 0 fully saturated rings. The molecule has 0 aliphatic carbocycles. The molecule has 1 rings (SSSR count). The number of benzene rings is 1. The Morgan fingerprint density at radius 1 is 1.39 bits per heavy atom. The lowest BCUT2D eigenvalue weighted by Gasteiger charge is -2.10. The number of nitrogens with zero attached hydrogens (tertiary/aromatic N) is 2. The normalized spacial score (nSPS) is 11.8. The number of rotatable bonds is 7. The topological polar surface area (TPSA) is 59.0 Å². The maximum absolute atomic E-state index is 12.6. The zero-order chi connectivity index (χ0) is 17.4. The Morgan fingerprint density at radius 3 is 2.61 bits per heavy atom. The van der Waals surface area contributed by atoms with Crippen molar-refractivity contribution < 1.29 is 23.1 Å². The van der Waals surface area contributed by atoms with Crippen molar-refractivity contribution in [2.45, 2.75) is 13.3 Å². The molecule has 0 spiro atoms. The summed E-state index contributed by atoms with van der Waals surface area (Å²) in [6, 6.07) is 6.83. The van der Waals surface area contributed by atoms with E-state index in [9.17, 15) is 18.4 Å². The van der Waals surface area contributed by atoms with E-state index in [1.54, 1.807) is 24.3 Å². The summed E-state index contributed by atoms with van der Waals surface area (Å²) >= 11 is 5.94. The Bertz CT molecular complexity index is 633. The fourth-order valence-corrected chi connectivity index (χ4v) is 1.68. The minimum atomic E-state index is -3.31. The van der Waals surface area contributed by atoms with Crippen LogP contribution in [0.15, 0.2) is 41.1 Å². The minimum absolute atomic E-state index is 0.0424. The van der Waals surface area contributed by atoms with E-state index in [0.717, 1.165) is 11.2 Å². The summed E-state index contributed by atoms with van der Waals surface area (Å²) in [5, 5.41) is 5.42. The third-order valence-electron chi connectivity index (χ3n) is 2.56. The van der Waals surface area contributed by atoms with Crippen LogP contribution >= 0.6 is 11.6 Å². The second-order valence-corrected chi connectivity index (χ2v) is 4.68. The monoisotopic (exact) mass is 344 g/mol. The van der Waals surface area contributed by atoms with Crippen LogP contribution in [0.1, 0.15) is 12.5 Å². The zero-order valence-electron chi connectivity index (χ0n) is 12.5. The van der Waals surface area contributed by atoms with Crippen molar-refractivity contribution in [1.29, 1.82) is 0 Å². The Morgan fingerprint density at radius 2 is 2.04 bits per heavy atom.